The van der Waals surface area contributed by atoms with Crippen LogP contribution in [-0.2, 0) is 11.3 Å². The maximum absolute atomic E-state index is 10.6. The Morgan fingerprint density at radius 2 is 2.27 bits per heavy atom. The van der Waals surface area contributed by atoms with E-state index in [0.717, 1.165) is 0 Å². The van der Waals surface area contributed by atoms with Gasteiger partial charge in [0, 0.05) is 0 Å². The molecular weight excluding hydrogens is 196 g/mol. The zero-order valence-corrected chi connectivity index (χ0v) is 8.14. The van der Waals surface area contributed by atoms with Gasteiger partial charge in [0.1, 0.15) is 23.6 Å². The van der Waals surface area contributed by atoms with Crippen molar-refractivity contribution in [3.05, 3.63) is 24.0 Å². The number of carboxylic acid groups (broad SMARTS) is 1. The molecule has 0 radical (unpaired) electrons. The number of nitrogens with zero attached hydrogens (tertiary/aromatic N) is 2. The Hall–Kier alpha value is -2.04. The van der Waals surface area contributed by atoms with Crippen molar-refractivity contribution in [1.82, 2.24) is 9.55 Å². The zero-order chi connectivity index (χ0) is 11.0. The first-order chi connectivity index (χ1) is 7.09. The number of aliphatic carboxylic acids is 1. The molecule has 0 saturated heterocycles. The lowest BCUT2D eigenvalue weighted by Crippen LogP contribution is -2.09. The van der Waals surface area contributed by atoms with E-state index in [1.165, 1.54) is 6.07 Å². The van der Waals surface area contributed by atoms with Crippen LogP contribution in [-0.4, -0.2) is 25.7 Å². The van der Waals surface area contributed by atoms with Gasteiger partial charge in [0.15, 0.2) is 0 Å². The highest BCUT2D eigenvalue weighted by atomic mass is 16.4. The molecule has 0 aliphatic carbocycles. The minimum atomic E-state index is -0.930. The number of hydrogen-bond acceptors (Lipinski definition) is 3. The summed E-state index contributed by atoms with van der Waals surface area (Å²) in [6.45, 7) is 1.56. The highest BCUT2D eigenvalue weighted by Crippen LogP contribution is 2.24. The lowest BCUT2D eigenvalue weighted by Gasteiger charge is -2.02. The van der Waals surface area contributed by atoms with E-state index in [0.29, 0.717) is 16.9 Å². The fourth-order valence-corrected chi connectivity index (χ4v) is 1.58. The van der Waals surface area contributed by atoms with Crippen molar-refractivity contribution in [3.8, 4) is 5.75 Å². The predicted octanol–water partition coefficient (Wildman–Crippen LogP) is 1.13. The molecule has 15 heavy (non-hydrogen) atoms. The van der Waals surface area contributed by atoms with E-state index >= 15 is 0 Å². The molecule has 0 fully saturated rings. The van der Waals surface area contributed by atoms with Crippen LogP contribution < -0.4 is 0 Å². The SMILES string of the molecule is Cc1nc2c(O)cccc2n1CC(=O)O. The summed E-state index contributed by atoms with van der Waals surface area (Å²) in [4.78, 5) is 14.8. The Morgan fingerprint density at radius 3 is 2.93 bits per heavy atom. The molecule has 0 saturated carbocycles. The van der Waals surface area contributed by atoms with Gasteiger partial charge in [0.05, 0.1) is 5.52 Å². The summed E-state index contributed by atoms with van der Waals surface area (Å²) in [5, 5.41) is 18.2. The molecule has 0 aliphatic rings. The first-order valence-corrected chi connectivity index (χ1v) is 4.46. The quantitative estimate of drug-likeness (QED) is 0.772. The average Bonchev–Trinajstić information content (AvgIpc) is 2.45. The molecule has 1 aromatic carbocycles. The Kier molecular flexibility index (Phi) is 2.07. The molecule has 0 spiro atoms. The van der Waals surface area contributed by atoms with Crippen LogP contribution in [0.25, 0.3) is 11.0 Å². The number of phenolic OH excluding ortho intramolecular Hbond substituents is 1. The molecule has 1 aromatic heterocycles. The van der Waals surface area contributed by atoms with Crippen LogP contribution in [0, 0.1) is 6.92 Å². The smallest absolute Gasteiger partial charge is 0.323 e. The van der Waals surface area contributed by atoms with Crippen LogP contribution >= 0.6 is 0 Å². The number of rotatable bonds is 2. The number of para-hydroxylation sites is 1. The number of carboxylic acids is 1. The molecule has 2 rings (SSSR count). The number of phenols is 1. The summed E-state index contributed by atoms with van der Waals surface area (Å²) in [5.74, 6) is -0.283. The van der Waals surface area contributed by atoms with Gasteiger partial charge in [-0.2, -0.15) is 0 Å². The van der Waals surface area contributed by atoms with Crippen molar-refractivity contribution in [2.45, 2.75) is 13.5 Å². The first-order valence-electron chi connectivity index (χ1n) is 4.46. The molecule has 0 unspecified atom stereocenters. The Balaban J connectivity index is 2.68. The second kappa shape index (κ2) is 3.27. The van der Waals surface area contributed by atoms with Gasteiger partial charge in [0.2, 0.25) is 0 Å². The molecule has 0 aliphatic heterocycles. The van der Waals surface area contributed by atoms with Gasteiger partial charge in [-0.05, 0) is 19.1 Å². The average molecular weight is 206 g/mol. The molecule has 2 aromatic rings. The van der Waals surface area contributed by atoms with E-state index in [1.54, 1.807) is 23.6 Å². The minimum Gasteiger partial charge on any atom is -0.506 e. The summed E-state index contributed by atoms with van der Waals surface area (Å²) in [6, 6.07) is 4.93. The van der Waals surface area contributed by atoms with Crippen molar-refractivity contribution in [3.63, 3.8) is 0 Å². The van der Waals surface area contributed by atoms with Gasteiger partial charge in [-0.3, -0.25) is 4.79 Å². The van der Waals surface area contributed by atoms with Crippen molar-refractivity contribution >= 4 is 17.0 Å². The van der Waals surface area contributed by atoms with E-state index in [-0.39, 0.29) is 12.3 Å². The number of carbonyl (C=O) groups is 1. The van der Waals surface area contributed by atoms with Crippen LogP contribution in [0.3, 0.4) is 0 Å². The molecule has 2 N–H and O–H groups in total. The molecule has 0 atom stereocenters. The maximum Gasteiger partial charge on any atom is 0.323 e. The third-order valence-corrected chi connectivity index (χ3v) is 2.24. The maximum atomic E-state index is 10.6. The monoisotopic (exact) mass is 206 g/mol. The third-order valence-electron chi connectivity index (χ3n) is 2.24. The number of benzene rings is 1. The second-order valence-electron chi connectivity index (χ2n) is 3.28. The van der Waals surface area contributed by atoms with E-state index in [1.807, 2.05) is 0 Å². The molecule has 78 valence electrons. The van der Waals surface area contributed by atoms with Crippen molar-refractivity contribution in [1.29, 1.82) is 0 Å². The van der Waals surface area contributed by atoms with Crippen LogP contribution in [0.4, 0.5) is 0 Å². The van der Waals surface area contributed by atoms with Gasteiger partial charge in [0.25, 0.3) is 0 Å². The van der Waals surface area contributed by atoms with Crippen LogP contribution in [0.5, 0.6) is 5.75 Å². The van der Waals surface area contributed by atoms with Gasteiger partial charge in [-0.15, -0.1) is 0 Å². The standard InChI is InChI=1S/C10H10N2O3/c1-6-11-10-7(3-2-4-8(10)13)12(6)5-9(14)15/h2-4,13H,5H2,1H3,(H,14,15). The fourth-order valence-electron chi connectivity index (χ4n) is 1.58. The third kappa shape index (κ3) is 1.52. The normalized spacial score (nSPS) is 10.7. The van der Waals surface area contributed by atoms with E-state index in [9.17, 15) is 9.90 Å². The minimum absolute atomic E-state index is 0.0692. The van der Waals surface area contributed by atoms with E-state index in [2.05, 4.69) is 4.98 Å². The molecule has 1 heterocycles. The van der Waals surface area contributed by atoms with Gasteiger partial charge >= 0.3 is 5.97 Å². The highest BCUT2D eigenvalue weighted by Gasteiger charge is 2.11. The van der Waals surface area contributed by atoms with Crippen molar-refractivity contribution in [2.75, 3.05) is 0 Å². The summed E-state index contributed by atoms with van der Waals surface area (Å²) >= 11 is 0. The molecule has 0 bridgehead atoms. The summed E-state index contributed by atoms with van der Waals surface area (Å²) in [5.41, 5.74) is 1.08. The number of hydrogen-bond donors (Lipinski definition) is 2. The second-order valence-corrected chi connectivity index (χ2v) is 3.28. The Morgan fingerprint density at radius 1 is 1.53 bits per heavy atom. The summed E-state index contributed by atoms with van der Waals surface area (Å²) < 4.78 is 1.55. The molecular formula is C10H10N2O3. The number of aromatic hydroxyl groups is 1. The first kappa shape index (κ1) is 9.51. The fraction of sp³-hybridized carbons (Fsp3) is 0.200. The largest absolute Gasteiger partial charge is 0.506 e. The number of aromatic nitrogens is 2. The van der Waals surface area contributed by atoms with Gasteiger partial charge in [-0.1, -0.05) is 6.07 Å². The van der Waals surface area contributed by atoms with Crippen LogP contribution in [0.2, 0.25) is 0 Å². The summed E-state index contributed by atoms with van der Waals surface area (Å²) in [6.07, 6.45) is 0. The zero-order valence-electron chi connectivity index (χ0n) is 8.14. The van der Waals surface area contributed by atoms with Crippen molar-refractivity contribution < 1.29 is 15.0 Å². The molecule has 5 nitrogen and oxygen atoms in total. The Labute approximate surface area is 85.6 Å². The number of aryl methyl sites for hydroxylation is 1. The van der Waals surface area contributed by atoms with Gasteiger partial charge < -0.3 is 14.8 Å². The number of imidazole rings is 1. The topological polar surface area (TPSA) is 75.4 Å². The van der Waals surface area contributed by atoms with Crippen LogP contribution in [0.1, 0.15) is 5.82 Å². The molecule has 5 heteroatoms. The Bertz CT molecular complexity index is 531. The van der Waals surface area contributed by atoms with E-state index < -0.39 is 5.97 Å². The van der Waals surface area contributed by atoms with E-state index in [4.69, 9.17) is 5.11 Å². The summed E-state index contributed by atoms with van der Waals surface area (Å²) in [7, 11) is 0. The highest BCUT2D eigenvalue weighted by molar-refractivity contribution is 5.83. The number of fused-ring (bicyclic) bond motifs is 1. The molecule has 0 amide bonds. The lowest BCUT2D eigenvalue weighted by molar-refractivity contribution is -0.137. The van der Waals surface area contributed by atoms with Crippen molar-refractivity contribution in [2.24, 2.45) is 0 Å². The van der Waals surface area contributed by atoms with Crippen LogP contribution in [0.15, 0.2) is 18.2 Å². The predicted molar refractivity (Wildman–Crippen MR) is 53.8 cm³/mol. The lowest BCUT2D eigenvalue weighted by atomic mass is 10.3. The van der Waals surface area contributed by atoms with Gasteiger partial charge in [-0.25, -0.2) is 4.98 Å².